The van der Waals surface area contributed by atoms with Crippen LogP contribution in [-0.4, -0.2) is 26.7 Å². The fourth-order valence-corrected chi connectivity index (χ4v) is 2.74. The van der Waals surface area contributed by atoms with Crippen molar-refractivity contribution in [2.45, 2.75) is 18.9 Å². The fraction of sp³-hybridized carbons (Fsp3) is 0.316. The maximum atomic E-state index is 12.5. The van der Waals surface area contributed by atoms with Crippen molar-refractivity contribution in [1.29, 1.82) is 0 Å². The maximum absolute atomic E-state index is 12.5. The molecule has 0 saturated carbocycles. The van der Waals surface area contributed by atoms with Gasteiger partial charge in [-0.05, 0) is 42.8 Å². The topological polar surface area (TPSA) is 56.8 Å². The molecule has 3 rings (SSSR count). The van der Waals surface area contributed by atoms with Crippen LogP contribution in [0.4, 0.5) is 5.69 Å². The minimum atomic E-state index is -0.246. The van der Waals surface area contributed by atoms with Gasteiger partial charge in [0.1, 0.15) is 0 Å². The lowest BCUT2D eigenvalue weighted by atomic mass is 9.88. The Morgan fingerprint density at radius 3 is 2.50 bits per heavy atom. The number of carbonyl (C=O) groups excluding carboxylic acids is 1. The summed E-state index contributed by atoms with van der Waals surface area (Å²) in [5.41, 5.74) is 2.07. The monoisotopic (exact) mass is 327 g/mol. The quantitative estimate of drug-likeness (QED) is 0.912. The molecule has 1 atom stereocenters. The van der Waals surface area contributed by atoms with E-state index in [4.69, 9.17) is 14.2 Å². The maximum Gasteiger partial charge on any atom is 0.255 e. The standard InChI is InChI=1S/C19H21NO4/c1-19(9-10-24-19)14-5-4-6-15(12-14)20-18(21)13-7-8-16(22-2)17(11-13)23-3/h4-8,11-12H,9-10H2,1-3H3,(H,20,21). The average Bonchev–Trinajstić information content (AvgIpc) is 2.59. The first-order valence-corrected chi connectivity index (χ1v) is 7.83. The van der Waals surface area contributed by atoms with Gasteiger partial charge in [0.05, 0.1) is 26.4 Å². The van der Waals surface area contributed by atoms with Crippen LogP contribution in [0.3, 0.4) is 0 Å². The van der Waals surface area contributed by atoms with Gasteiger partial charge in [0, 0.05) is 17.7 Å². The Hall–Kier alpha value is -2.53. The summed E-state index contributed by atoms with van der Waals surface area (Å²) in [6.07, 6.45) is 0.986. The predicted octanol–water partition coefficient (Wildman–Crippen LogP) is 3.59. The third kappa shape index (κ3) is 3.08. The van der Waals surface area contributed by atoms with Crippen molar-refractivity contribution in [2.24, 2.45) is 0 Å². The highest BCUT2D eigenvalue weighted by molar-refractivity contribution is 6.04. The van der Waals surface area contributed by atoms with Gasteiger partial charge < -0.3 is 19.5 Å². The molecule has 1 aliphatic rings. The largest absolute Gasteiger partial charge is 0.493 e. The molecule has 1 aliphatic heterocycles. The summed E-state index contributed by atoms with van der Waals surface area (Å²) in [6.45, 7) is 2.84. The minimum Gasteiger partial charge on any atom is -0.493 e. The van der Waals surface area contributed by atoms with Crippen molar-refractivity contribution in [2.75, 3.05) is 26.1 Å². The molecule has 1 heterocycles. The van der Waals surface area contributed by atoms with Gasteiger partial charge in [0.2, 0.25) is 0 Å². The molecule has 24 heavy (non-hydrogen) atoms. The zero-order valence-corrected chi connectivity index (χ0v) is 14.1. The SMILES string of the molecule is COc1ccc(C(=O)Nc2cccc(C3(C)CCO3)c2)cc1OC. The van der Waals surface area contributed by atoms with Crippen LogP contribution < -0.4 is 14.8 Å². The van der Waals surface area contributed by atoms with Crippen LogP contribution in [-0.2, 0) is 10.3 Å². The number of ether oxygens (including phenoxy) is 3. The first-order valence-electron chi connectivity index (χ1n) is 7.83. The predicted molar refractivity (Wildman–Crippen MR) is 91.9 cm³/mol. The second kappa shape index (κ2) is 6.53. The van der Waals surface area contributed by atoms with E-state index < -0.39 is 0 Å². The second-order valence-electron chi connectivity index (χ2n) is 5.93. The van der Waals surface area contributed by atoms with E-state index in [0.29, 0.717) is 17.1 Å². The second-order valence-corrected chi connectivity index (χ2v) is 5.93. The van der Waals surface area contributed by atoms with Crippen molar-refractivity contribution in [3.8, 4) is 11.5 Å². The Balaban J connectivity index is 1.79. The van der Waals surface area contributed by atoms with E-state index in [0.717, 1.165) is 24.3 Å². The van der Waals surface area contributed by atoms with Crippen LogP contribution in [0, 0.1) is 0 Å². The number of rotatable bonds is 5. The zero-order chi connectivity index (χ0) is 17.2. The van der Waals surface area contributed by atoms with Crippen molar-refractivity contribution in [1.82, 2.24) is 0 Å². The van der Waals surface area contributed by atoms with E-state index in [9.17, 15) is 4.79 Å². The van der Waals surface area contributed by atoms with Crippen LogP contribution in [0.25, 0.3) is 0 Å². The molecule has 1 saturated heterocycles. The Kier molecular flexibility index (Phi) is 4.44. The van der Waals surface area contributed by atoms with Crippen LogP contribution >= 0.6 is 0 Å². The molecule has 1 fully saturated rings. The first kappa shape index (κ1) is 16.3. The minimum absolute atomic E-state index is 0.201. The van der Waals surface area contributed by atoms with E-state index in [1.807, 2.05) is 24.3 Å². The number of hydrogen-bond donors (Lipinski definition) is 1. The van der Waals surface area contributed by atoms with Gasteiger partial charge in [-0.2, -0.15) is 0 Å². The van der Waals surface area contributed by atoms with Crippen molar-refractivity contribution < 1.29 is 19.0 Å². The third-order valence-electron chi connectivity index (χ3n) is 4.38. The lowest BCUT2D eigenvalue weighted by Gasteiger charge is -2.39. The van der Waals surface area contributed by atoms with Crippen LogP contribution in [0.15, 0.2) is 42.5 Å². The molecule has 2 aromatic carbocycles. The van der Waals surface area contributed by atoms with E-state index in [1.54, 1.807) is 32.4 Å². The summed E-state index contributed by atoms with van der Waals surface area (Å²) in [5.74, 6) is 0.910. The molecule has 5 nitrogen and oxygen atoms in total. The molecular weight excluding hydrogens is 306 g/mol. The number of amides is 1. The molecule has 1 unspecified atom stereocenters. The molecule has 1 N–H and O–H groups in total. The van der Waals surface area contributed by atoms with Gasteiger partial charge in [0.25, 0.3) is 5.91 Å². The molecule has 0 spiro atoms. The molecule has 0 aliphatic carbocycles. The first-order chi connectivity index (χ1) is 11.6. The molecule has 0 bridgehead atoms. The lowest BCUT2D eigenvalue weighted by molar-refractivity contribution is -0.140. The average molecular weight is 327 g/mol. The smallest absolute Gasteiger partial charge is 0.255 e. The number of carbonyl (C=O) groups is 1. The molecule has 2 aromatic rings. The van der Waals surface area contributed by atoms with E-state index in [2.05, 4.69) is 12.2 Å². The molecule has 5 heteroatoms. The van der Waals surface area contributed by atoms with Gasteiger partial charge in [-0.3, -0.25) is 4.79 Å². The van der Waals surface area contributed by atoms with Gasteiger partial charge in [0.15, 0.2) is 11.5 Å². The van der Waals surface area contributed by atoms with Crippen molar-refractivity contribution in [3.05, 3.63) is 53.6 Å². The summed E-state index contributed by atoms with van der Waals surface area (Å²) in [5, 5.41) is 2.92. The van der Waals surface area contributed by atoms with E-state index in [1.165, 1.54) is 0 Å². The molecule has 0 aromatic heterocycles. The van der Waals surface area contributed by atoms with Crippen LogP contribution in [0.2, 0.25) is 0 Å². The summed E-state index contributed by atoms with van der Waals surface area (Å²) in [6, 6.07) is 12.8. The van der Waals surface area contributed by atoms with E-state index in [-0.39, 0.29) is 11.5 Å². The normalized spacial score (nSPS) is 19.3. The summed E-state index contributed by atoms with van der Waals surface area (Å²) < 4.78 is 16.1. The Morgan fingerprint density at radius 1 is 1.12 bits per heavy atom. The van der Waals surface area contributed by atoms with Gasteiger partial charge >= 0.3 is 0 Å². The molecule has 0 radical (unpaired) electrons. The summed E-state index contributed by atoms with van der Waals surface area (Å²) in [4.78, 5) is 12.5. The molecule has 1 amide bonds. The highest BCUT2D eigenvalue weighted by Crippen LogP contribution is 2.37. The van der Waals surface area contributed by atoms with E-state index >= 15 is 0 Å². The fourth-order valence-electron chi connectivity index (χ4n) is 2.74. The van der Waals surface area contributed by atoms with Gasteiger partial charge in [-0.15, -0.1) is 0 Å². The summed E-state index contributed by atoms with van der Waals surface area (Å²) >= 11 is 0. The highest BCUT2D eigenvalue weighted by atomic mass is 16.5. The molecule has 126 valence electrons. The van der Waals surface area contributed by atoms with Gasteiger partial charge in [-0.1, -0.05) is 12.1 Å². The van der Waals surface area contributed by atoms with Crippen molar-refractivity contribution in [3.63, 3.8) is 0 Å². The number of methoxy groups -OCH3 is 2. The Morgan fingerprint density at radius 2 is 1.88 bits per heavy atom. The van der Waals surface area contributed by atoms with Crippen LogP contribution in [0.5, 0.6) is 11.5 Å². The lowest BCUT2D eigenvalue weighted by Crippen LogP contribution is -2.37. The number of hydrogen-bond acceptors (Lipinski definition) is 4. The Bertz CT molecular complexity index is 753. The number of anilines is 1. The number of benzene rings is 2. The van der Waals surface area contributed by atoms with Crippen LogP contribution in [0.1, 0.15) is 29.3 Å². The number of nitrogens with one attached hydrogen (secondary N) is 1. The third-order valence-corrected chi connectivity index (χ3v) is 4.38. The summed E-state index contributed by atoms with van der Waals surface area (Å²) in [7, 11) is 3.11. The van der Waals surface area contributed by atoms with Crippen molar-refractivity contribution >= 4 is 11.6 Å². The van der Waals surface area contributed by atoms with Gasteiger partial charge in [-0.25, -0.2) is 0 Å². The highest BCUT2D eigenvalue weighted by Gasteiger charge is 2.35. The molecular formula is C19H21NO4. The zero-order valence-electron chi connectivity index (χ0n) is 14.1. The Labute approximate surface area is 141 Å².